The van der Waals surface area contributed by atoms with Crippen LogP contribution in [0.1, 0.15) is 35.6 Å². The predicted octanol–water partition coefficient (Wildman–Crippen LogP) is 1.27. The highest BCUT2D eigenvalue weighted by molar-refractivity contribution is 5.94. The van der Waals surface area contributed by atoms with E-state index in [1.54, 1.807) is 40.1 Å². The van der Waals surface area contributed by atoms with Crippen molar-refractivity contribution in [2.24, 2.45) is 5.41 Å². The Morgan fingerprint density at radius 1 is 0.882 bits per heavy atom. The Morgan fingerprint density at radius 2 is 1.53 bits per heavy atom. The first-order valence-corrected chi connectivity index (χ1v) is 11.3. The first-order chi connectivity index (χ1) is 16.4. The zero-order chi connectivity index (χ0) is 24.0. The van der Waals surface area contributed by atoms with Crippen molar-refractivity contribution in [3.63, 3.8) is 0 Å². The molecule has 4 amide bonds. The van der Waals surface area contributed by atoms with Crippen LogP contribution in [-0.2, 0) is 14.4 Å². The number of piperidine rings is 1. The number of likely N-dealkylation sites (tertiary alicyclic amines) is 2. The Kier molecular flexibility index (Phi) is 7.15. The van der Waals surface area contributed by atoms with Gasteiger partial charge in [0.25, 0.3) is 5.91 Å². The van der Waals surface area contributed by atoms with Crippen LogP contribution in [0.5, 0.6) is 0 Å². The zero-order valence-corrected chi connectivity index (χ0v) is 18.8. The first-order valence-electron chi connectivity index (χ1n) is 11.3. The Hall–Kier alpha value is -3.82. The minimum atomic E-state index is -0.416. The Balaban J connectivity index is 1.17. The molecule has 0 aromatic carbocycles. The molecular weight excluding hydrogens is 440 g/mol. The van der Waals surface area contributed by atoms with Crippen LogP contribution < -0.4 is 10.6 Å². The van der Waals surface area contributed by atoms with Crippen LogP contribution in [0.25, 0.3) is 6.08 Å². The topological polar surface area (TPSA) is 125 Å². The number of hydrogen-bond donors (Lipinski definition) is 2. The summed E-state index contributed by atoms with van der Waals surface area (Å²) < 4.78 is 10.2. The summed E-state index contributed by atoms with van der Waals surface area (Å²) in [6.07, 6.45) is 8.28. The molecule has 2 saturated heterocycles. The van der Waals surface area contributed by atoms with Crippen molar-refractivity contribution >= 4 is 29.7 Å². The van der Waals surface area contributed by atoms with Crippen LogP contribution >= 0.6 is 0 Å². The molecule has 2 fully saturated rings. The largest absolute Gasteiger partial charge is 0.465 e. The molecule has 4 heterocycles. The number of rotatable bonds is 7. The lowest BCUT2D eigenvalue weighted by atomic mass is 9.78. The van der Waals surface area contributed by atoms with E-state index in [9.17, 15) is 19.2 Å². The van der Waals surface area contributed by atoms with Crippen LogP contribution in [0.4, 0.5) is 0 Å². The summed E-state index contributed by atoms with van der Waals surface area (Å²) in [5, 5.41) is 5.20. The number of nitrogens with zero attached hydrogens (tertiary/aromatic N) is 2. The molecule has 1 spiro atoms. The van der Waals surface area contributed by atoms with Crippen LogP contribution in [-0.4, -0.2) is 72.7 Å². The van der Waals surface area contributed by atoms with Crippen LogP contribution in [0, 0.1) is 5.41 Å². The standard InChI is InChI=1S/C24H28N4O6/c29-20(6-5-18-3-1-13-33-18)25-15-22(31)28-12-9-24(17-28)7-10-27(11-8-24)21(30)16-26-23(32)19-4-2-14-34-19/h1-6,13-14H,7-12,15-17H2,(H,25,29)(H,26,32)/b6-5-. The number of carbonyl (C=O) groups excluding carboxylic acids is 4. The van der Waals surface area contributed by atoms with Gasteiger partial charge in [-0.1, -0.05) is 0 Å². The lowest BCUT2D eigenvalue weighted by Crippen LogP contribution is -2.48. The smallest absolute Gasteiger partial charge is 0.287 e. The van der Waals surface area contributed by atoms with E-state index in [-0.39, 0.29) is 42.0 Å². The van der Waals surface area contributed by atoms with Crippen LogP contribution in [0.15, 0.2) is 51.7 Å². The maximum absolute atomic E-state index is 12.6. The molecule has 0 atom stereocenters. The third-order valence-electron chi connectivity index (χ3n) is 6.47. The molecule has 2 N–H and O–H groups in total. The van der Waals surface area contributed by atoms with Crippen molar-refractivity contribution in [2.75, 3.05) is 39.3 Å². The lowest BCUT2D eigenvalue weighted by Gasteiger charge is -2.39. The van der Waals surface area contributed by atoms with Gasteiger partial charge in [-0.2, -0.15) is 0 Å². The molecule has 10 heteroatoms. The number of furan rings is 2. The summed E-state index contributed by atoms with van der Waals surface area (Å²) in [6, 6.07) is 6.62. The second kappa shape index (κ2) is 10.4. The molecule has 0 unspecified atom stereocenters. The molecule has 0 saturated carbocycles. The molecule has 34 heavy (non-hydrogen) atoms. The molecule has 10 nitrogen and oxygen atoms in total. The van der Waals surface area contributed by atoms with Crippen molar-refractivity contribution < 1.29 is 28.0 Å². The first kappa shape index (κ1) is 23.3. The van der Waals surface area contributed by atoms with Gasteiger partial charge in [-0.15, -0.1) is 0 Å². The van der Waals surface area contributed by atoms with Crippen molar-refractivity contribution in [3.8, 4) is 0 Å². The third kappa shape index (κ3) is 5.75. The van der Waals surface area contributed by atoms with Gasteiger partial charge in [0.15, 0.2) is 5.76 Å². The van der Waals surface area contributed by atoms with E-state index in [1.165, 1.54) is 18.6 Å². The lowest BCUT2D eigenvalue weighted by molar-refractivity contribution is -0.134. The molecule has 2 aliphatic rings. The minimum absolute atomic E-state index is 0.00689. The molecule has 2 aromatic heterocycles. The fourth-order valence-electron chi connectivity index (χ4n) is 4.43. The number of hydrogen-bond acceptors (Lipinski definition) is 6. The van der Waals surface area contributed by atoms with E-state index in [2.05, 4.69) is 10.6 Å². The summed E-state index contributed by atoms with van der Waals surface area (Å²) in [7, 11) is 0. The highest BCUT2D eigenvalue weighted by Gasteiger charge is 2.42. The van der Waals surface area contributed by atoms with Gasteiger partial charge in [0, 0.05) is 32.3 Å². The van der Waals surface area contributed by atoms with Gasteiger partial charge in [-0.25, -0.2) is 0 Å². The van der Waals surface area contributed by atoms with Crippen molar-refractivity contribution in [1.29, 1.82) is 0 Å². The maximum Gasteiger partial charge on any atom is 0.287 e. The highest BCUT2D eigenvalue weighted by Crippen LogP contribution is 2.40. The Labute approximate surface area is 196 Å². The second-order valence-electron chi connectivity index (χ2n) is 8.67. The SMILES string of the molecule is O=C(/C=C\c1ccco1)NCC(=O)N1CCC2(CCN(C(=O)CNC(=O)c3ccco3)CC2)C1. The minimum Gasteiger partial charge on any atom is -0.465 e. The zero-order valence-electron chi connectivity index (χ0n) is 18.8. The van der Waals surface area contributed by atoms with E-state index in [4.69, 9.17) is 8.83 Å². The van der Waals surface area contributed by atoms with E-state index in [0.29, 0.717) is 31.9 Å². The average Bonchev–Trinajstić information content (AvgIpc) is 3.62. The Morgan fingerprint density at radius 3 is 2.21 bits per heavy atom. The van der Waals surface area contributed by atoms with Gasteiger partial charge in [-0.3, -0.25) is 19.2 Å². The number of nitrogens with one attached hydrogen (secondary N) is 2. The van der Waals surface area contributed by atoms with Gasteiger partial charge in [0.2, 0.25) is 17.7 Å². The second-order valence-corrected chi connectivity index (χ2v) is 8.67. The van der Waals surface area contributed by atoms with Gasteiger partial charge < -0.3 is 29.3 Å². The maximum atomic E-state index is 12.6. The molecule has 0 aliphatic carbocycles. The van der Waals surface area contributed by atoms with Gasteiger partial charge in [-0.05, 0) is 55.0 Å². The predicted molar refractivity (Wildman–Crippen MR) is 121 cm³/mol. The van der Waals surface area contributed by atoms with E-state index in [1.807, 2.05) is 0 Å². The van der Waals surface area contributed by atoms with Crippen molar-refractivity contribution in [3.05, 3.63) is 54.4 Å². The summed E-state index contributed by atoms with van der Waals surface area (Å²) in [5.41, 5.74) is -0.00689. The van der Waals surface area contributed by atoms with E-state index < -0.39 is 5.91 Å². The molecule has 180 valence electrons. The third-order valence-corrected chi connectivity index (χ3v) is 6.47. The van der Waals surface area contributed by atoms with E-state index in [0.717, 1.165) is 19.3 Å². The molecule has 0 radical (unpaired) electrons. The Bertz CT molecular complexity index is 1040. The van der Waals surface area contributed by atoms with Crippen molar-refractivity contribution in [2.45, 2.75) is 19.3 Å². The number of amides is 4. The quantitative estimate of drug-likeness (QED) is 0.590. The summed E-state index contributed by atoms with van der Waals surface area (Å²) in [6.45, 7) is 2.31. The van der Waals surface area contributed by atoms with Gasteiger partial charge in [0.1, 0.15) is 5.76 Å². The van der Waals surface area contributed by atoms with Crippen molar-refractivity contribution in [1.82, 2.24) is 20.4 Å². The van der Waals surface area contributed by atoms with Crippen LogP contribution in [0.3, 0.4) is 0 Å². The summed E-state index contributed by atoms with van der Waals surface area (Å²) in [4.78, 5) is 52.5. The molecule has 2 aromatic rings. The monoisotopic (exact) mass is 468 g/mol. The van der Waals surface area contributed by atoms with E-state index >= 15 is 0 Å². The molecule has 0 bridgehead atoms. The highest BCUT2D eigenvalue weighted by atomic mass is 16.3. The fraction of sp³-hybridized carbons (Fsp3) is 0.417. The molecular formula is C24H28N4O6. The number of carbonyl (C=O) groups is 4. The average molecular weight is 469 g/mol. The van der Waals surface area contributed by atoms with Gasteiger partial charge in [0.05, 0.1) is 25.6 Å². The van der Waals surface area contributed by atoms with Gasteiger partial charge >= 0.3 is 0 Å². The summed E-state index contributed by atoms with van der Waals surface area (Å²) in [5.74, 6) is -0.287. The fourth-order valence-corrected chi connectivity index (χ4v) is 4.43. The summed E-state index contributed by atoms with van der Waals surface area (Å²) >= 11 is 0. The molecule has 4 rings (SSSR count). The normalized spacial score (nSPS) is 17.3. The molecule has 2 aliphatic heterocycles. The van der Waals surface area contributed by atoms with Crippen LogP contribution in [0.2, 0.25) is 0 Å².